The van der Waals surface area contributed by atoms with Gasteiger partial charge in [-0.25, -0.2) is 9.18 Å². The van der Waals surface area contributed by atoms with Crippen LogP contribution in [0.1, 0.15) is 12.5 Å². The van der Waals surface area contributed by atoms with Gasteiger partial charge in [-0.3, -0.25) is 0 Å². The van der Waals surface area contributed by atoms with Crippen molar-refractivity contribution in [2.75, 3.05) is 25.1 Å². The predicted molar refractivity (Wildman–Crippen MR) is 73.3 cm³/mol. The third kappa shape index (κ3) is 3.68. The number of carbonyl (C=O) groups is 1. The number of halogens is 1. The van der Waals surface area contributed by atoms with E-state index in [1.165, 1.54) is 6.07 Å². The van der Waals surface area contributed by atoms with Crippen LogP contribution in [-0.4, -0.2) is 38.0 Å². The number of carbonyl (C=O) groups excluding carboxylic acids is 1. The van der Waals surface area contributed by atoms with E-state index < -0.39 is 6.03 Å². The zero-order valence-electron chi connectivity index (χ0n) is 11.6. The lowest BCUT2D eigenvalue weighted by Gasteiger charge is -2.19. The Labute approximate surface area is 117 Å². The van der Waals surface area contributed by atoms with E-state index in [-0.39, 0.29) is 18.0 Å². The van der Waals surface area contributed by atoms with E-state index in [1.807, 2.05) is 6.92 Å². The first-order valence-corrected chi connectivity index (χ1v) is 6.63. The molecule has 0 unspecified atom stereocenters. The number of hydrogen-bond donors (Lipinski definition) is 2. The highest BCUT2D eigenvalue weighted by atomic mass is 19.1. The van der Waals surface area contributed by atoms with Crippen molar-refractivity contribution in [3.8, 4) is 0 Å². The van der Waals surface area contributed by atoms with Gasteiger partial charge in [0.25, 0.3) is 0 Å². The molecule has 0 spiro atoms. The van der Waals surface area contributed by atoms with Crippen molar-refractivity contribution in [2.24, 2.45) is 0 Å². The number of nitrogens with one attached hydrogen (secondary N) is 2. The molecular formula is C14H19FN2O3. The molecule has 1 aromatic carbocycles. The van der Waals surface area contributed by atoms with Crippen LogP contribution in [0.4, 0.5) is 14.9 Å². The Morgan fingerprint density at radius 1 is 1.50 bits per heavy atom. The number of ether oxygens (including phenoxy) is 2. The molecule has 0 aromatic heterocycles. The highest BCUT2D eigenvalue weighted by Crippen LogP contribution is 2.14. The van der Waals surface area contributed by atoms with Crippen molar-refractivity contribution in [2.45, 2.75) is 26.0 Å². The third-order valence-electron chi connectivity index (χ3n) is 3.16. The number of rotatable bonds is 4. The number of urea groups is 1. The molecule has 1 aliphatic heterocycles. The second-order valence-corrected chi connectivity index (χ2v) is 4.70. The highest BCUT2D eigenvalue weighted by Gasteiger charge is 2.29. The van der Waals surface area contributed by atoms with Gasteiger partial charge in [-0.2, -0.15) is 0 Å². The first-order chi connectivity index (χ1) is 9.60. The fourth-order valence-electron chi connectivity index (χ4n) is 2.05. The molecule has 2 atom stereocenters. The van der Waals surface area contributed by atoms with Gasteiger partial charge >= 0.3 is 6.03 Å². The van der Waals surface area contributed by atoms with Crippen molar-refractivity contribution in [3.63, 3.8) is 0 Å². The molecule has 1 aliphatic rings. The minimum absolute atomic E-state index is 0.138. The molecule has 0 bridgehead atoms. The van der Waals surface area contributed by atoms with Gasteiger partial charge in [0.05, 0.1) is 19.3 Å². The summed E-state index contributed by atoms with van der Waals surface area (Å²) in [6.45, 7) is 5.02. The summed E-state index contributed by atoms with van der Waals surface area (Å²) in [5.41, 5.74) is 0.953. The zero-order chi connectivity index (χ0) is 14.5. The molecule has 2 N–H and O–H groups in total. The Balaban J connectivity index is 1.90. The van der Waals surface area contributed by atoms with Crippen LogP contribution in [0.5, 0.6) is 0 Å². The van der Waals surface area contributed by atoms with Gasteiger partial charge in [0.2, 0.25) is 0 Å². The normalized spacial score (nSPS) is 21.8. The minimum atomic E-state index is -0.395. The summed E-state index contributed by atoms with van der Waals surface area (Å²) in [7, 11) is 0. The molecule has 5 nitrogen and oxygen atoms in total. The standard InChI is InChI=1S/C14H19FN2O3/c1-3-20-13-8-19-7-12(13)17-14(18)16-10-5-4-9(2)11(15)6-10/h4-6,12-13H,3,7-8H2,1-2H3,(H2,16,17,18)/t12-,13-/m0/s1. The maximum Gasteiger partial charge on any atom is 0.319 e. The quantitative estimate of drug-likeness (QED) is 0.888. The number of anilines is 1. The Morgan fingerprint density at radius 3 is 3.00 bits per heavy atom. The molecule has 2 amide bonds. The zero-order valence-corrected chi connectivity index (χ0v) is 11.6. The first-order valence-electron chi connectivity index (χ1n) is 6.63. The van der Waals surface area contributed by atoms with E-state index in [4.69, 9.17) is 9.47 Å². The van der Waals surface area contributed by atoms with Crippen molar-refractivity contribution in [1.29, 1.82) is 0 Å². The summed E-state index contributed by atoms with van der Waals surface area (Å²) in [5, 5.41) is 5.37. The number of hydrogen-bond acceptors (Lipinski definition) is 3. The summed E-state index contributed by atoms with van der Waals surface area (Å²) in [6.07, 6.45) is -0.138. The van der Waals surface area contributed by atoms with Gasteiger partial charge in [0, 0.05) is 12.3 Å². The number of benzene rings is 1. The van der Waals surface area contributed by atoms with E-state index in [1.54, 1.807) is 19.1 Å². The van der Waals surface area contributed by atoms with E-state index >= 15 is 0 Å². The first kappa shape index (κ1) is 14.7. The van der Waals surface area contributed by atoms with Crippen molar-refractivity contribution in [1.82, 2.24) is 5.32 Å². The summed E-state index contributed by atoms with van der Waals surface area (Å²) in [6, 6.07) is 3.98. The van der Waals surface area contributed by atoms with Gasteiger partial charge in [-0.15, -0.1) is 0 Å². The van der Waals surface area contributed by atoms with Crippen molar-refractivity contribution in [3.05, 3.63) is 29.6 Å². The fourth-order valence-corrected chi connectivity index (χ4v) is 2.05. The fraction of sp³-hybridized carbons (Fsp3) is 0.500. The summed E-state index contributed by atoms with van der Waals surface area (Å²) in [5.74, 6) is -0.348. The van der Waals surface area contributed by atoms with Gasteiger partial charge in [-0.1, -0.05) is 6.07 Å². The smallest absolute Gasteiger partial charge is 0.319 e. The van der Waals surface area contributed by atoms with E-state index in [0.29, 0.717) is 31.1 Å². The second-order valence-electron chi connectivity index (χ2n) is 4.70. The van der Waals surface area contributed by atoms with Crippen LogP contribution in [0.2, 0.25) is 0 Å². The highest BCUT2D eigenvalue weighted by molar-refractivity contribution is 5.89. The van der Waals surface area contributed by atoms with Crippen molar-refractivity contribution < 1.29 is 18.7 Å². The number of amides is 2. The van der Waals surface area contributed by atoms with Crippen molar-refractivity contribution >= 4 is 11.7 Å². The van der Waals surface area contributed by atoms with Crippen LogP contribution in [0.3, 0.4) is 0 Å². The summed E-state index contributed by atoms with van der Waals surface area (Å²) in [4.78, 5) is 11.9. The molecule has 110 valence electrons. The second kappa shape index (κ2) is 6.67. The van der Waals surface area contributed by atoms with Gasteiger partial charge in [-0.05, 0) is 31.5 Å². The van der Waals surface area contributed by atoms with E-state index in [2.05, 4.69) is 10.6 Å². The molecule has 1 fully saturated rings. The largest absolute Gasteiger partial charge is 0.376 e. The van der Waals surface area contributed by atoms with Gasteiger partial charge in [0.1, 0.15) is 11.9 Å². The molecule has 0 radical (unpaired) electrons. The number of aryl methyl sites for hydroxylation is 1. The molecule has 1 heterocycles. The summed E-state index contributed by atoms with van der Waals surface area (Å²) >= 11 is 0. The molecule has 1 saturated heterocycles. The SMILES string of the molecule is CCO[C@H]1COC[C@@H]1NC(=O)Nc1ccc(C)c(F)c1. The van der Waals surface area contributed by atoms with Gasteiger partial charge in [0.15, 0.2) is 0 Å². The monoisotopic (exact) mass is 282 g/mol. The average Bonchev–Trinajstić information content (AvgIpc) is 2.82. The lowest BCUT2D eigenvalue weighted by atomic mass is 10.2. The third-order valence-corrected chi connectivity index (χ3v) is 3.16. The van der Waals surface area contributed by atoms with Crippen LogP contribution in [-0.2, 0) is 9.47 Å². The maximum absolute atomic E-state index is 13.4. The van der Waals surface area contributed by atoms with Gasteiger partial charge < -0.3 is 20.1 Å². The predicted octanol–water partition coefficient (Wildman–Crippen LogP) is 2.06. The molecule has 1 aromatic rings. The minimum Gasteiger partial charge on any atom is -0.376 e. The summed E-state index contributed by atoms with van der Waals surface area (Å²) < 4.78 is 24.1. The lowest BCUT2D eigenvalue weighted by molar-refractivity contribution is 0.0428. The lowest BCUT2D eigenvalue weighted by Crippen LogP contribution is -2.45. The maximum atomic E-state index is 13.4. The Hall–Kier alpha value is -1.66. The van der Waals surface area contributed by atoms with Crippen LogP contribution < -0.4 is 10.6 Å². The molecule has 2 rings (SSSR count). The Bertz CT molecular complexity index is 481. The topological polar surface area (TPSA) is 59.6 Å². The Morgan fingerprint density at radius 2 is 2.30 bits per heavy atom. The molecular weight excluding hydrogens is 263 g/mol. The van der Waals surface area contributed by atoms with Crippen LogP contribution in [0.15, 0.2) is 18.2 Å². The average molecular weight is 282 g/mol. The molecule has 0 saturated carbocycles. The van der Waals surface area contributed by atoms with Crippen LogP contribution >= 0.6 is 0 Å². The van der Waals surface area contributed by atoms with E-state index in [9.17, 15) is 9.18 Å². The van der Waals surface area contributed by atoms with Crippen LogP contribution in [0.25, 0.3) is 0 Å². The van der Waals surface area contributed by atoms with E-state index in [0.717, 1.165) is 0 Å². The molecule has 20 heavy (non-hydrogen) atoms. The van der Waals surface area contributed by atoms with Crippen LogP contribution in [0, 0.1) is 12.7 Å². The Kier molecular flexibility index (Phi) is 4.92. The molecule has 0 aliphatic carbocycles. The molecule has 6 heteroatoms.